The lowest BCUT2D eigenvalue weighted by molar-refractivity contribution is -0.139. The van der Waals surface area contributed by atoms with Crippen molar-refractivity contribution in [3.05, 3.63) is 81.8 Å². The van der Waals surface area contributed by atoms with E-state index in [-0.39, 0.29) is 28.6 Å². The van der Waals surface area contributed by atoms with Crippen LogP contribution >= 0.6 is 11.6 Å². The third-order valence-electron chi connectivity index (χ3n) is 7.06. The number of anilines is 2. The van der Waals surface area contributed by atoms with E-state index >= 15 is 0 Å². The fourth-order valence-electron chi connectivity index (χ4n) is 5.13. The van der Waals surface area contributed by atoms with Gasteiger partial charge in [0.05, 0.1) is 48.7 Å². The Morgan fingerprint density at radius 1 is 1.00 bits per heavy atom. The molecule has 2 heterocycles. The minimum Gasteiger partial charge on any atom is -0.466 e. The van der Waals surface area contributed by atoms with E-state index in [0.717, 1.165) is 0 Å². The predicted octanol–water partition coefficient (Wildman–Crippen LogP) is 3.30. The summed E-state index contributed by atoms with van der Waals surface area (Å²) in [5.74, 6) is -2.60. The van der Waals surface area contributed by atoms with Gasteiger partial charge in [-0.05, 0) is 23.8 Å². The van der Waals surface area contributed by atoms with Gasteiger partial charge in [-0.15, -0.1) is 0 Å². The summed E-state index contributed by atoms with van der Waals surface area (Å²) < 4.78 is 10.3. The molecule has 2 aliphatic heterocycles. The zero-order valence-electron chi connectivity index (χ0n) is 22.5. The predicted molar refractivity (Wildman–Crippen MR) is 150 cm³/mol. The minimum atomic E-state index is -0.977. The molecule has 0 aliphatic carbocycles. The van der Waals surface area contributed by atoms with E-state index in [0.29, 0.717) is 54.6 Å². The van der Waals surface area contributed by atoms with E-state index in [1.165, 1.54) is 19.1 Å². The summed E-state index contributed by atoms with van der Waals surface area (Å²) >= 11 is 6.44. The Bertz CT molecular complexity index is 1420. The molecule has 0 bridgehead atoms. The number of rotatable bonds is 6. The number of halogens is 1. The number of benzene rings is 2. The topological polar surface area (TPSA) is 129 Å². The summed E-state index contributed by atoms with van der Waals surface area (Å²) in [6.07, 6.45) is 0.421. The molecule has 11 heteroatoms. The van der Waals surface area contributed by atoms with E-state index < -0.39 is 17.9 Å². The molecule has 10 nitrogen and oxygen atoms in total. The first kappa shape index (κ1) is 28.5. The third-order valence-corrected chi connectivity index (χ3v) is 7.30. The first-order valence-electron chi connectivity index (χ1n) is 12.7. The molecule has 0 aromatic heterocycles. The Morgan fingerprint density at radius 2 is 1.65 bits per heavy atom. The number of hydrogen-bond donors (Lipinski definition) is 1. The number of esters is 2. The fourth-order valence-corrected chi connectivity index (χ4v) is 5.29. The highest BCUT2D eigenvalue weighted by atomic mass is 35.5. The van der Waals surface area contributed by atoms with Gasteiger partial charge in [-0.3, -0.25) is 9.69 Å². The molecule has 40 heavy (non-hydrogen) atoms. The van der Waals surface area contributed by atoms with Crippen molar-refractivity contribution in [1.29, 1.82) is 5.26 Å². The van der Waals surface area contributed by atoms with Crippen LogP contribution in [0.3, 0.4) is 0 Å². The number of piperazine rings is 1. The van der Waals surface area contributed by atoms with Crippen LogP contribution in [-0.4, -0.2) is 63.1 Å². The van der Waals surface area contributed by atoms with E-state index in [9.17, 15) is 19.6 Å². The van der Waals surface area contributed by atoms with Gasteiger partial charge in [0.25, 0.3) is 0 Å². The van der Waals surface area contributed by atoms with Crippen LogP contribution in [0.2, 0.25) is 5.02 Å². The number of methoxy groups -OCH3 is 2. The molecule has 1 amide bonds. The Kier molecular flexibility index (Phi) is 8.65. The maximum absolute atomic E-state index is 13.4. The summed E-state index contributed by atoms with van der Waals surface area (Å²) in [5, 5.41) is 10.7. The number of hydrogen-bond acceptors (Lipinski definition) is 9. The van der Waals surface area contributed by atoms with Crippen LogP contribution in [0.1, 0.15) is 24.8 Å². The van der Waals surface area contributed by atoms with Crippen LogP contribution < -0.4 is 15.5 Å². The Labute approximate surface area is 237 Å². The maximum atomic E-state index is 13.4. The second-order valence-corrected chi connectivity index (χ2v) is 9.63. The van der Waals surface area contributed by atoms with Crippen molar-refractivity contribution in [3.63, 3.8) is 0 Å². The van der Waals surface area contributed by atoms with Crippen LogP contribution in [0.4, 0.5) is 11.4 Å². The van der Waals surface area contributed by atoms with Crippen molar-refractivity contribution in [1.82, 2.24) is 4.90 Å². The molecular formula is C29H30ClN5O5. The van der Waals surface area contributed by atoms with Crippen molar-refractivity contribution >= 4 is 40.8 Å². The smallest absolute Gasteiger partial charge is 0.355 e. The van der Waals surface area contributed by atoms with Gasteiger partial charge in [0, 0.05) is 37.6 Å². The van der Waals surface area contributed by atoms with E-state index in [4.69, 9.17) is 26.8 Å². The molecule has 1 fully saturated rings. The van der Waals surface area contributed by atoms with Crippen LogP contribution in [0.15, 0.2) is 71.2 Å². The highest BCUT2D eigenvalue weighted by Crippen LogP contribution is 2.46. The molecule has 208 valence electrons. The zero-order valence-corrected chi connectivity index (χ0v) is 23.3. The summed E-state index contributed by atoms with van der Waals surface area (Å²) in [6.45, 7) is 3.86. The van der Waals surface area contributed by atoms with Gasteiger partial charge in [0.15, 0.2) is 0 Å². The van der Waals surface area contributed by atoms with Crippen LogP contribution in [-0.2, 0) is 23.9 Å². The number of ether oxygens (including phenoxy) is 2. The average molecular weight is 564 g/mol. The molecule has 1 saturated heterocycles. The van der Waals surface area contributed by atoms with Crippen LogP contribution in [0, 0.1) is 11.3 Å². The van der Waals surface area contributed by atoms with Crippen molar-refractivity contribution in [2.45, 2.75) is 19.3 Å². The quantitative estimate of drug-likeness (QED) is 0.526. The largest absolute Gasteiger partial charge is 0.466 e. The minimum absolute atomic E-state index is 0.0484. The molecule has 2 N–H and O–H groups in total. The molecule has 4 rings (SSSR count). The fraction of sp³-hybridized carbons (Fsp3) is 0.310. The lowest BCUT2D eigenvalue weighted by Crippen LogP contribution is -2.49. The van der Waals surface area contributed by atoms with Crippen LogP contribution in [0.25, 0.3) is 0 Å². The van der Waals surface area contributed by atoms with Crippen molar-refractivity contribution in [3.8, 4) is 6.07 Å². The van der Waals surface area contributed by atoms with Crippen LogP contribution in [0.5, 0.6) is 0 Å². The van der Waals surface area contributed by atoms with E-state index in [2.05, 4.69) is 6.07 Å². The van der Waals surface area contributed by atoms with Gasteiger partial charge < -0.3 is 25.0 Å². The summed E-state index contributed by atoms with van der Waals surface area (Å²) in [5.41, 5.74) is 8.08. The van der Waals surface area contributed by atoms with Crippen molar-refractivity contribution in [2.75, 3.05) is 50.2 Å². The van der Waals surface area contributed by atoms with E-state index in [1.807, 2.05) is 11.8 Å². The number of nitrogens with two attached hydrogens (primary N) is 1. The third kappa shape index (κ3) is 5.20. The molecule has 2 aromatic rings. The molecule has 1 unspecified atom stereocenters. The second kappa shape index (κ2) is 12.1. The molecule has 0 radical (unpaired) electrons. The Balaban J connectivity index is 1.95. The molecule has 2 aliphatic rings. The average Bonchev–Trinajstić information content (AvgIpc) is 2.99. The van der Waals surface area contributed by atoms with Crippen molar-refractivity contribution < 1.29 is 23.9 Å². The first-order valence-corrected chi connectivity index (χ1v) is 13.1. The maximum Gasteiger partial charge on any atom is 0.355 e. The summed E-state index contributed by atoms with van der Waals surface area (Å²) in [4.78, 5) is 44.2. The number of carbonyl (C=O) groups is 3. The van der Waals surface area contributed by atoms with Gasteiger partial charge in [-0.25, -0.2) is 9.59 Å². The van der Waals surface area contributed by atoms with Gasteiger partial charge in [0.2, 0.25) is 5.91 Å². The van der Waals surface area contributed by atoms with Crippen molar-refractivity contribution in [2.24, 2.45) is 5.73 Å². The number of nitriles is 1. The van der Waals surface area contributed by atoms with Gasteiger partial charge in [-0.1, -0.05) is 48.9 Å². The zero-order chi connectivity index (χ0) is 29.0. The SMILES string of the molecule is CCC(=O)N1CCN(c2ccc(Cl)cc2N2C(N)=C(C#N)C(c3ccccc3)C(C(=O)OC)=C2C(=O)OC)CC1. The highest BCUT2D eigenvalue weighted by Gasteiger charge is 2.44. The van der Waals surface area contributed by atoms with Gasteiger partial charge in [0.1, 0.15) is 11.5 Å². The molecular weight excluding hydrogens is 534 g/mol. The monoisotopic (exact) mass is 563 g/mol. The molecule has 0 saturated carbocycles. The highest BCUT2D eigenvalue weighted by molar-refractivity contribution is 6.31. The summed E-state index contributed by atoms with van der Waals surface area (Å²) in [6, 6.07) is 16.1. The molecule has 0 spiro atoms. The first-order chi connectivity index (χ1) is 19.3. The second-order valence-electron chi connectivity index (χ2n) is 9.19. The number of allylic oxidation sites excluding steroid dienone is 1. The number of nitrogens with zero attached hydrogens (tertiary/aromatic N) is 4. The van der Waals surface area contributed by atoms with E-state index in [1.54, 1.807) is 53.4 Å². The summed E-state index contributed by atoms with van der Waals surface area (Å²) in [7, 11) is 2.40. The Hall–Kier alpha value is -4.49. The standard InChI is InChI=1S/C29H30ClN5O5/c1-4-23(36)34-14-12-33(13-15-34)21-11-10-19(30)16-22(21)35-26(29(38)40-3)25(28(37)39-2)24(20(17-31)27(35)32)18-8-6-5-7-9-18/h5-11,16,24H,4,12-15,32H2,1-3H3. The Morgan fingerprint density at radius 3 is 2.23 bits per heavy atom. The van der Waals surface area contributed by atoms with Gasteiger partial charge in [-0.2, -0.15) is 5.26 Å². The molecule has 1 atom stereocenters. The molecule has 2 aromatic carbocycles. The normalized spacial score (nSPS) is 17.5. The van der Waals surface area contributed by atoms with Gasteiger partial charge >= 0.3 is 11.9 Å². The number of carbonyl (C=O) groups excluding carboxylic acids is 3. The number of amides is 1. The lowest BCUT2D eigenvalue weighted by atomic mass is 9.81. The lowest BCUT2D eigenvalue weighted by Gasteiger charge is -2.40.